The lowest BCUT2D eigenvalue weighted by Gasteiger charge is -2.26. The SMILES string of the molecule is Cc1cc(Cl)ccc1OCCNC(=O)NCCN1CCOCC1. The molecule has 0 aromatic heterocycles. The van der Waals surface area contributed by atoms with E-state index in [2.05, 4.69) is 15.5 Å². The number of hydrogen-bond donors (Lipinski definition) is 2. The fourth-order valence-corrected chi connectivity index (χ4v) is 2.54. The number of urea groups is 1. The van der Waals surface area contributed by atoms with Gasteiger partial charge in [-0.05, 0) is 30.7 Å². The molecule has 0 atom stereocenters. The molecule has 1 aliphatic rings. The fraction of sp³-hybridized carbons (Fsp3) is 0.562. The Labute approximate surface area is 142 Å². The van der Waals surface area contributed by atoms with E-state index < -0.39 is 0 Å². The number of hydrogen-bond acceptors (Lipinski definition) is 4. The summed E-state index contributed by atoms with van der Waals surface area (Å²) in [6.07, 6.45) is 0. The van der Waals surface area contributed by atoms with E-state index >= 15 is 0 Å². The van der Waals surface area contributed by atoms with Gasteiger partial charge >= 0.3 is 6.03 Å². The number of nitrogens with one attached hydrogen (secondary N) is 2. The zero-order valence-electron chi connectivity index (χ0n) is 13.4. The van der Waals surface area contributed by atoms with E-state index in [9.17, 15) is 4.79 Å². The highest BCUT2D eigenvalue weighted by atomic mass is 35.5. The number of nitrogens with zero attached hydrogens (tertiary/aromatic N) is 1. The van der Waals surface area contributed by atoms with Crippen LogP contribution in [0.4, 0.5) is 4.79 Å². The molecule has 2 N–H and O–H groups in total. The van der Waals surface area contributed by atoms with Crippen molar-refractivity contribution < 1.29 is 14.3 Å². The van der Waals surface area contributed by atoms with Gasteiger partial charge in [-0.2, -0.15) is 0 Å². The average Bonchev–Trinajstić information content (AvgIpc) is 2.54. The molecule has 1 aromatic carbocycles. The second-order valence-electron chi connectivity index (χ2n) is 5.39. The summed E-state index contributed by atoms with van der Waals surface area (Å²) in [4.78, 5) is 13.9. The molecular weight excluding hydrogens is 318 g/mol. The monoisotopic (exact) mass is 341 g/mol. The number of carbonyl (C=O) groups excluding carboxylic acids is 1. The summed E-state index contributed by atoms with van der Waals surface area (Å²) in [7, 11) is 0. The highest BCUT2D eigenvalue weighted by molar-refractivity contribution is 6.30. The third kappa shape index (κ3) is 6.64. The third-order valence-electron chi connectivity index (χ3n) is 3.60. The van der Waals surface area contributed by atoms with Gasteiger partial charge in [-0.25, -0.2) is 4.79 Å². The first-order chi connectivity index (χ1) is 11.1. The molecule has 23 heavy (non-hydrogen) atoms. The van der Waals surface area contributed by atoms with Crippen molar-refractivity contribution in [2.75, 3.05) is 52.5 Å². The van der Waals surface area contributed by atoms with Crippen LogP contribution >= 0.6 is 11.6 Å². The topological polar surface area (TPSA) is 62.8 Å². The third-order valence-corrected chi connectivity index (χ3v) is 3.83. The average molecular weight is 342 g/mol. The molecule has 1 fully saturated rings. The van der Waals surface area contributed by atoms with Gasteiger partial charge in [-0.3, -0.25) is 4.90 Å². The van der Waals surface area contributed by atoms with Crippen molar-refractivity contribution >= 4 is 17.6 Å². The molecule has 1 aliphatic heterocycles. The van der Waals surface area contributed by atoms with E-state index in [1.807, 2.05) is 19.1 Å². The molecule has 2 amide bonds. The minimum Gasteiger partial charge on any atom is -0.491 e. The van der Waals surface area contributed by atoms with Gasteiger partial charge in [0.15, 0.2) is 0 Å². The molecule has 1 aromatic rings. The first kappa shape index (κ1) is 17.8. The van der Waals surface area contributed by atoms with Crippen molar-refractivity contribution in [3.63, 3.8) is 0 Å². The largest absolute Gasteiger partial charge is 0.491 e. The zero-order valence-corrected chi connectivity index (χ0v) is 14.2. The Morgan fingerprint density at radius 1 is 1.30 bits per heavy atom. The van der Waals surface area contributed by atoms with Crippen LogP contribution in [0.2, 0.25) is 5.02 Å². The molecule has 0 radical (unpaired) electrons. The Kier molecular flexibility index (Phi) is 7.45. The number of morpholine rings is 1. The first-order valence-corrected chi connectivity index (χ1v) is 8.24. The Morgan fingerprint density at radius 3 is 2.78 bits per heavy atom. The molecule has 1 heterocycles. The van der Waals surface area contributed by atoms with Crippen LogP contribution < -0.4 is 15.4 Å². The van der Waals surface area contributed by atoms with Gasteiger partial charge in [-0.1, -0.05) is 11.6 Å². The molecule has 0 bridgehead atoms. The van der Waals surface area contributed by atoms with E-state index in [4.69, 9.17) is 21.1 Å². The molecular formula is C16H24ClN3O3. The van der Waals surface area contributed by atoms with Crippen LogP contribution in [0.1, 0.15) is 5.56 Å². The zero-order chi connectivity index (χ0) is 16.5. The molecule has 0 saturated carbocycles. The van der Waals surface area contributed by atoms with Crippen LogP contribution in [0.15, 0.2) is 18.2 Å². The lowest BCUT2D eigenvalue weighted by molar-refractivity contribution is 0.0387. The molecule has 0 aliphatic carbocycles. The lowest BCUT2D eigenvalue weighted by atomic mass is 10.2. The van der Waals surface area contributed by atoms with Crippen molar-refractivity contribution in [1.29, 1.82) is 0 Å². The second kappa shape index (κ2) is 9.60. The lowest BCUT2D eigenvalue weighted by Crippen LogP contribution is -2.44. The van der Waals surface area contributed by atoms with E-state index in [1.165, 1.54) is 0 Å². The van der Waals surface area contributed by atoms with E-state index in [0.717, 1.165) is 44.2 Å². The number of benzene rings is 1. The summed E-state index contributed by atoms with van der Waals surface area (Å²) in [6, 6.07) is 5.30. The molecule has 2 rings (SSSR count). The quantitative estimate of drug-likeness (QED) is 0.740. The van der Waals surface area contributed by atoms with Crippen LogP contribution in [-0.4, -0.2) is 63.5 Å². The molecule has 6 nitrogen and oxygen atoms in total. The fourth-order valence-electron chi connectivity index (χ4n) is 2.32. The first-order valence-electron chi connectivity index (χ1n) is 7.86. The van der Waals surface area contributed by atoms with Crippen molar-refractivity contribution in [2.24, 2.45) is 0 Å². The number of halogens is 1. The molecule has 1 saturated heterocycles. The van der Waals surface area contributed by atoms with Crippen molar-refractivity contribution in [2.45, 2.75) is 6.92 Å². The van der Waals surface area contributed by atoms with Crippen LogP contribution in [0.25, 0.3) is 0 Å². The molecule has 128 valence electrons. The Hall–Kier alpha value is -1.50. The maximum Gasteiger partial charge on any atom is 0.314 e. The van der Waals surface area contributed by atoms with E-state index in [0.29, 0.717) is 24.7 Å². The van der Waals surface area contributed by atoms with Gasteiger partial charge < -0.3 is 20.1 Å². The summed E-state index contributed by atoms with van der Waals surface area (Å²) < 4.78 is 10.9. The summed E-state index contributed by atoms with van der Waals surface area (Å²) in [5, 5.41) is 6.31. The predicted molar refractivity (Wildman–Crippen MR) is 90.3 cm³/mol. The molecule has 0 spiro atoms. The summed E-state index contributed by atoms with van der Waals surface area (Å²) in [5.41, 5.74) is 0.979. The minimum absolute atomic E-state index is 0.172. The van der Waals surface area contributed by atoms with Gasteiger partial charge in [-0.15, -0.1) is 0 Å². The number of amides is 2. The Morgan fingerprint density at radius 2 is 2.04 bits per heavy atom. The van der Waals surface area contributed by atoms with Crippen LogP contribution in [0.3, 0.4) is 0 Å². The standard InChI is InChI=1S/C16H24ClN3O3/c1-13-12-14(17)2-3-15(13)23-9-5-19-16(21)18-4-6-20-7-10-22-11-8-20/h2-3,12H,4-11H2,1H3,(H2,18,19,21). The van der Waals surface area contributed by atoms with Gasteiger partial charge in [0.25, 0.3) is 0 Å². The number of aryl methyl sites for hydroxylation is 1. The van der Waals surface area contributed by atoms with Crippen LogP contribution in [0.5, 0.6) is 5.75 Å². The summed E-state index contributed by atoms with van der Waals surface area (Å²) >= 11 is 5.89. The smallest absolute Gasteiger partial charge is 0.314 e. The number of carbonyl (C=O) groups is 1. The molecule has 7 heteroatoms. The van der Waals surface area contributed by atoms with E-state index in [1.54, 1.807) is 6.07 Å². The number of ether oxygens (including phenoxy) is 2. The maximum absolute atomic E-state index is 11.7. The van der Waals surface area contributed by atoms with E-state index in [-0.39, 0.29) is 6.03 Å². The van der Waals surface area contributed by atoms with Gasteiger partial charge in [0.2, 0.25) is 0 Å². The van der Waals surface area contributed by atoms with Crippen LogP contribution in [-0.2, 0) is 4.74 Å². The Balaban J connectivity index is 1.54. The summed E-state index contributed by atoms with van der Waals surface area (Å²) in [5.74, 6) is 0.781. The summed E-state index contributed by atoms with van der Waals surface area (Å²) in [6.45, 7) is 7.68. The predicted octanol–water partition coefficient (Wildman–Crippen LogP) is 1.66. The molecule has 0 unspecified atom stereocenters. The highest BCUT2D eigenvalue weighted by Crippen LogP contribution is 2.21. The van der Waals surface area contributed by atoms with Crippen molar-refractivity contribution in [3.05, 3.63) is 28.8 Å². The van der Waals surface area contributed by atoms with Crippen molar-refractivity contribution in [3.8, 4) is 5.75 Å². The highest BCUT2D eigenvalue weighted by Gasteiger charge is 2.09. The van der Waals surface area contributed by atoms with Crippen LogP contribution in [0, 0.1) is 6.92 Å². The Bertz CT molecular complexity index is 507. The number of rotatable bonds is 7. The second-order valence-corrected chi connectivity index (χ2v) is 5.83. The van der Waals surface area contributed by atoms with Crippen molar-refractivity contribution in [1.82, 2.24) is 15.5 Å². The van der Waals surface area contributed by atoms with Gasteiger partial charge in [0.1, 0.15) is 12.4 Å². The van der Waals surface area contributed by atoms with Gasteiger partial charge in [0.05, 0.1) is 19.8 Å². The van der Waals surface area contributed by atoms with Gasteiger partial charge in [0, 0.05) is 31.2 Å². The normalized spacial score (nSPS) is 15.2. The maximum atomic E-state index is 11.7. The minimum atomic E-state index is -0.172.